The van der Waals surface area contributed by atoms with Crippen molar-refractivity contribution in [3.05, 3.63) is 29.2 Å². The molecule has 23 heavy (non-hydrogen) atoms. The van der Waals surface area contributed by atoms with E-state index in [9.17, 15) is 4.79 Å². The van der Waals surface area contributed by atoms with Crippen LogP contribution in [0.15, 0.2) is 18.5 Å². The van der Waals surface area contributed by atoms with Gasteiger partial charge in [-0.15, -0.1) is 0 Å². The Morgan fingerprint density at radius 3 is 2.83 bits per heavy atom. The van der Waals surface area contributed by atoms with Gasteiger partial charge in [-0.3, -0.25) is 9.48 Å². The number of halogens is 1. The second-order valence-corrected chi connectivity index (χ2v) is 5.79. The molecule has 122 valence electrons. The molecule has 1 aliphatic heterocycles. The van der Waals surface area contributed by atoms with Crippen LogP contribution in [0.5, 0.6) is 0 Å². The van der Waals surface area contributed by atoms with E-state index < -0.39 is 0 Å². The molecule has 0 saturated carbocycles. The van der Waals surface area contributed by atoms with Crippen molar-refractivity contribution in [1.29, 1.82) is 0 Å². The van der Waals surface area contributed by atoms with Crippen molar-refractivity contribution in [3.63, 3.8) is 0 Å². The average molecular weight is 336 g/mol. The van der Waals surface area contributed by atoms with E-state index in [0.717, 1.165) is 13.0 Å². The van der Waals surface area contributed by atoms with Gasteiger partial charge in [0.15, 0.2) is 0 Å². The lowest BCUT2D eigenvalue weighted by Crippen LogP contribution is -2.36. The molecule has 8 nitrogen and oxygen atoms in total. The molecule has 1 saturated heterocycles. The van der Waals surface area contributed by atoms with Crippen LogP contribution in [0, 0.1) is 0 Å². The van der Waals surface area contributed by atoms with Gasteiger partial charge in [-0.2, -0.15) is 10.1 Å². The van der Waals surface area contributed by atoms with Crippen molar-refractivity contribution in [2.75, 3.05) is 36.8 Å². The molecule has 0 aliphatic carbocycles. The highest BCUT2D eigenvalue weighted by atomic mass is 35.5. The van der Waals surface area contributed by atoms with Crippen LogP contribution in [-0.4, -0.2) is 56.7 Å². The lowest BCUT2D eigenvalue weighted by atomic mass is 10.3. The van der Waals surface area contributed by atoms with Crippen LogP contribution in [0.1, 0.15) is 16.9 Å². The zero-order chi connectivity index (χ0) is 16.4. The molecular formula is C14H18ClN7O. The molecular weight excluding hydrogens is 318 g/mol. The van der Waals surface area contributed by atoms with Crippen molar-refractivity contribution < 1.29 is 4.79 Å². The van der Waals surface area contributed by atoms with Crippen LogP contribution in [-0.2, 0) is 7.05 Å². The smallest absolute Gasteiger partial charge is 0.273 e. The molecule has 3 heterocycles. The van der Waals surface area contributed by atoms with Crippen molar-refractivity contribution >= 4 is 29.3 Å². The first-order valence-corrected chi connectivity index (χ1v) is 7.74. The number of aromatic nitrogens is 4. The van der Waals surface area contributed by atoms with Gasteiger partial charge in [0.25, 0.3) is 5.91 Å². The van der Waals surface area contributed by atoms with Crippen molar-refractivity contribution in [3.8, 4) is 0 Å². The number of carbonyl (C=O) groups excluding carboxylic acids is 1. The van der Waals surface area contributed by atoms with Gasteiger partial charge in [0.1, 0.15) is 11.5 Å². The van der Waals surface area contributed by atoms with Crippen LogP contribution in [0.2, 0.25) is 5.02 Å². The predicted octanol–water partition coefficient (Wildman–Crippen LogP) is 0.798. The van der Waals surface area contributed by atoms with Crippen molar-refractivity contribution in [2.45, 2.75) is 6.42 Å². The minimum atomic E-state index is -0.106. The Hall–Kier alpha value is -2.35. The lowest BCUT2D eigenvalue weighted by molar-refractivity contribution is 0.0756. The van der Waals surface area contributed by atoms with Gasteiger partial charge >= 0.3 is 0 Å². The first kappa shape index (κ1) is 15.5. The number of hydrogen-bond acceptors (Lipinski definition) is 6. The van der Waals surface area contributed by atoms with E-state index >= 15 is 0 Å². The number of anilines is 2. The Morgan fingerprint density at radius 2 is 2.13 bits per heavy atom. The zero-order valence-corrected chi connectivity index (χ0v) is 13.6. The quantitative estimate of drug-likeness (QED) is 0.872. The summed E-state index contributed by atoms with van der Waals surface area (Å²) in [4.78, 5) is 25.0. The minimum Gasteiger partial charge on any atom is -0.384 e. The molecule has 0 spiro atoms. The summed E-state index contributed by atoms with van der Waals surface area (Å²) in [5, 5.41) is 4.39. The normalized spacial score (nSPS) is 15.6. The van der Waals surface area contributed by atoms with Crippen LogP contribution >= 0.6 is 11.6 Å². The summed E-state index contributed by atoms with van der Waals surface area (Å²) in [6.07, 6.45) is 3.94. The summed E-state index contributed by atoms with van der Waals surface area (Å²) in [6, 6.07) is 1.65. The molecule has 9 heteroatoms. The highest BCUT2D eigenvalue weighted by molar-refractivity contribution is 6.33. The summed E-state index contributed by atoms with van der Waals surface area (Å²) in [7, 11) is 1.71. The first-order chi connectivity index (χ1) is 11.1. The Morgan fingerprint density at radius 1 is 1.30 bits per heavy atom. The summed E-state index contributed by atoms with van der Waals surface area (Å²) < 4.78 is 1.51. The standard InChI is InChI=1S/C14H18ClN7O/c1-20-12(10(15)9-18-20)13(23)21-5-2-6-22(8-7-21)14-17-4-3-11(16)19-14/h3-4,9H,2,5-8H2,1H3,(H2,16,17,19). The fraction of sp³-hybridized carbons (Fsp3) is 0.429. The number of nitrogen functional groups attached to an aromatic ring is 1. The molecule has 2 aromatic heterocycles. The molecule has 2 aromatic rings. The van der Waals surface area contributed by atoms with Gasteiger partial charge in [0.05, 0.1) is 11.2 Å². The maximum atomic E-state index is 12.7. The first-order valence-electron chi connectivity index (χ1n) is 7.36. The highest BCUT2D eigenvalue weighted by Gasteiger charge is 2.25. The summed E-state index contributed by atoms with van der Waals surface area (Å²) in [5.74, 6) is 0.928. The van der Waals surface area contributed by atoms with E-state index in [1.165, 1.54) is 10.9 Å². The number of nitrogens with zero attached hydrogens (tertiary/aromatic N) is 6. The van der Waals surface area contributed by atoms with Crippen LogP contribution in [0.3, 0.4) is 0 Å². The number of aryl methyl sites for hydroxylation is 1. The van der Waals surface area contributed by atoms with Gasteiger partial charge < -0.3 is 15.5 Å². The fourth-order valence-electron chi connectivity index (χ4n) is 2.64. The molecule has 1 fully saturated rings. The van der Waals surface area contributed by atoms with Crippen LogP contribution < -0.4 is 10.6 Å². The average Bonchev–Trinajstić information content (AvgIpc) is 2.75. The predicted molar refractivity (Wildman–Crippen MR) is 87.4 cm³/mol. The third-order valence-electron chi connectivity index (χ3n) is 3.83. The van der Waals surface area contributed by atoms with E-state index in [-0.39, 0.29) is 5.91 Å². The van der Waals surface area contributed by atoms with Crippen LogP contribution in [0.4, 0.5) is 11.8 Å². The molecule has 0 radical (unpaired) electrons. The minimum absolute atomic E-state index is 0.106. The number of rotatable bonds is 2. The fourth-order valence-corrected chi connectivity index (χ4v) is 2.88. The molecule has 3 rings (SSSR count). The van der Waals surface area contributed by atoms with Crippen LogP contribution in [0.25, 0.3) is 0 Å². The van der Waals surface area contributed by atoms with Crippen molar-refractivity contribution in [2.24, 2.45) is 7.05 Å². The van der Waals surface area contributed by atoms with E-state index in [4.69, 9.17) is 17.3 Å². The summed E-state index contributed by atoms with van der Waals surface area (Å²) in [6.45, 7) is 2.63. The molecule has 2 N–H and O–H groups in total. The maximum absolute atomic E-state index is 12.7. The highest BCUT2D eigenvalue weighted by Crippen LogP contribution is 2.18. The second-order valence-electron chi connectivity index (χ2n) is 5.38. The second kappa shape index (κ2) is 6.41. The SMILES string of the molecule is Cn1ncc(Cl)c1C(=O)N1CCCN(c2nccc(N)n2)CC1. The third kappa shape index (κ3) is 3.21. The Balaban J connectivity index is 1.73. The Labute approximate surface area is 138 Å². The molecule has 0 bridgehead atoms. The van der Waals surface area contributed by atoms with E-state index in [0.29, 0.717) is 42.1 Å². The number of carbonyl (C=O) groups is 1. The third-order valence-corrected chi connectivity index (χ3v) is 4.10. The lowest BCUT2D eigenvalue weighted by Gasteiger charge is -2.22. The molecule has 0 aromatic carbocycles. The molecule has 0 unspecified atom stereocenters. The van der Waals surface area contributed by atoms with Gasteiger partial charge in [-0.05, 0) is 12.5 Å². The van der Waals surface area contributed by atoms with E-state index in [2.05, 4.69) is 15.1 Å². The van der Waals surface area contributed by atoms with Gasteiger partial charge in [-0.25, -0.2) is 4.98 Å². The van der Waals surface area contributed by atoms with E-state index in [1.54, 1.807) is 24.2 Å². The topological polar surface area (TPSA) is 93.2 Å². The van der Waals surface area contributed by atoms with Crippen molar-refractivity contribution in [1.82, 2.24) is 24.6 Å². The Kier molecular flexibility index (Phi) is 4.33. The molecule has 1 amide bonds. The molecule has 1 aliphatic rings. The summed E-state index contributed by atoms with van der Waals surface area (Å²) in [5.41, 5.74) is 6.13. The Bertz CT molecular complexity index is 697. The number of nitrogens with two attached hydrogens (primary N) is 1. The summed E-state index contributed by atoms with van der Waals surface area (Å²) >= 11 is 6.07. The maximum Gasteiger partial charge on any atom is 0.273 e. The van der Waals surface area contributed by atoms with Gasteiger partial charge in [0, 0.05) is 39.4 Å². The molecule has 0 atom stereocenters. The van der Waals surface area contributed by atoms with Gasteiger partial charge in [-0.1, -0.05) is 11.6 Å². The largest absolute Gasteiger partial charge is 0.384 e. The van der Waals surface area contributed by atoms with E-state index in [1.807, 2.05) is 4.90 Å². The zero-order valence-electron chi connectivity index (χ0n) is 12.8. The van der Waals surface area contributed by atoms with Gasteiger partial charge in [0.2, 0.25) is 5.95 Å². The number of hydrogen-bond donors (Lipinski definition) is 1. The monoisotopic (exact) mass is 335 g/mol. The number of amides is 1.